The van der Waals surface area contributed by atoms with E-state index in [1.807, 2.05) is 0 Å². The number of hydrogen-bond acceptors (Lipinski definition) is 6. The second-order valence-electron chi connectivity index (χ2n) is 7.86. The Morgan fingerprint density at radius 2 is 0.967 bits per heavy atom. The summed E-state index contributed by atoms with van der Waals surface area (Å²) >= 11 is 0. The molecule has 0 saturated heterocycles. The SMILES string of the molecule is CC(C)(CNc1ccc(F)cc1)[N+](=O)[O-].CC(C)(CNc1ccc(F)cc1)[N+](=O)[O-]. The van der Waals surface area contributed by atoms with Crippen LogP contribution in [0.4, 0.5) is 20.2 Å². The summed E-state index contributed by atoms with van der Waals surface area (Å²) in [6.45, 7) is 6.53. The van der Waals surface area contributed by atoms with Gasteiger partial charge in [0.1, 0.15) is 11.6 Å². The predicted molar refractivity (Wildman–Crippen MR) is 112 cm³/mol. The van der Waals surface area contributed by atoms with E-state index >= 15 is 0 Å². The molecule has 0 amide bonds. The van der Waals surface area contributed by atoms with Crippen LogP contribution in [0.5, 0.6) is 0 Å². The molecule has 0 heterocycles. The highest BCUT2D eigenvalue weighted by atomic mass is 19.1. The van der Waals surface area contributed by atoms with E-state index in [0.717, 1.165) is 0 Å². The smallest absolute Gasteiger partial charge is 0.233 e. The summed E-state index contributed by atoms with van der Waals surface area (Å²) in [4.78, 5) is 20.5. The molecule has 0 fully saturated rings. The van der Waals surface area contributed by atoms with Gasteiger partial charge in [-0.3, -0.25) is 20.2 Å². The first kappa shape index (κ1) is 24.7. The fourth-order valence-electron chi connectivity index (χ4n) is 1.90. The van der Waals surface area contributed by atoms with Crippen molar-refractivity contribution in [1.29, 1.82) is 0 Å². The van der Waals surface area contributed by atoms with Crippen LogP contribution in [0.3, 0.4) is 0 Å². The van der Waals surface area contributed by atoms with Gasteiger partial charge in [-0.15, -0.1) is 0 Å². The molecule has 2 aromatic rings. The van der Waals surface area contributed by atoms with Crippen LogP contribution in [0.2, 0.25) is 0 Å². The molecule has 0 aromatic heterocycles. The van der Waals surface area contributed by atoms with Gasteiger partial charge in [0.25, 0.3) is 0 Å². The van der Waals surface area contributed by atoms with Gasteiger partial charge in [-0.05, 0) is 48.5 Å². The fraction of sp³-hybridized carbons (Fsp3) is 0.400. The molecule has 0 aliphatic carbocycles. The Hall–Kier alpha value is -3.30. The van der Waals surface area contributed by atoms with Crippen LogP contribution < -0.4 is 10.6 Å². The monoisotopic (exact) mass is 424 g/mol. The lowest BCUT2D eigenvalue weighted by molar-refractivity contribution is -0.556. The summed E-state index contributed by atoms with van der Waals surface area (Å²) in [7, 11) is 0. The lowest BCUT2D eigenvalue weighted by Crippen LogP contribution is -2.38. The van der Waals surface area contributed by atoms with E-state index in [2.05, 4.69) is 10.6 Å². The van der Waals surface area contributed by atoms with Crippen LogP contribution in [-0.2, 0) is 0 Å². The van der Waals surface area contributed by atoms with Crippen molar-refractivity contribution < 1.29 is 18.6 Å². The van der Waals surface area contributed by atoms with Crippen molar-refractivity contribution in [2.75, 3.05) is 23.7 Å². The summed E-state index contributed by atoms with van der Waals surface area (Å²) in [6.07, 6.45) is 0. The van der Waals surface area contributed by atoms with Crippen LogP contribution in [0.1, 0.15) is 27.7 Å². The summed E-state index contributed by atoms with van der Waals surface area (Å²) in [5.74, 6) is -0.650. The van der Waals surface area contributed by atoms with E-state index in [4.69, 9.17) is 0 Å². The minimum atomic E-state index is -1.03. The van der Waals surface area contributed by atoms with Crippen LogP contribution in [0.25, 0.3) is 0 Å². The molecule has 0 spiro atoms. The minimum Gasteiger partial charge on any atom is -0.378 e. The van der Waals surface area contributed by atoms with Crippen molar-refractivity contribution in [3.05, 3.63) is 80.4 Å². The van der Waals surface area contributed by atoms with Crippen molar-refractivity contribution in [1.82, 2.24) is 0 Å². The van der Waals surface area contributed by atoms with Gasteiger partial charge in [0.15, 0.2) is 0 Å². The van der Waals surface area contributed by atoms with Crippen molar-refractivity contribution in [2.24, 2.45) is 0 Å². The molecule has 30 heavy (non-hydrogen) atoms. The molecule has 2 aromatic carbocycles. The van der Waals surface area contributed by atoms with Gasteiger partial charge in [-0.1, -0.05) is 0 Å². The quantitative estimate of drug-likeness (QED) is 0.474. The first-order valence-corrected chi connectivity index (χ1v) is 9.11. The number of benzene rings is 2. The molecule has 0 atom stereocenters. The van der Waals surface area contributed by atoms with Gasteiger partial charge >= 0.3 is 0 Å². The molecular formula is C20H26F2N4O4. The summed E-state index contributed by atoms with van der Waals surface area (Å²) in [5.41, 5.74) is -0.722. The van der Waals surface area contributed by atoms with Gasteiger partial charge in [0.05, 0.1) is 13.1 Å². The van der Waals surface area contributed by atoms with E-state index in [1.165, 1.54) is 52.0 Å². The zero-order valence-corrected chi connectivity index (χ0v) is 17.3. The van der Waals surface area contributed by atoms with Gasteiger partial charge < -0.3 is 10.6 Å². The van der Waals surface area contributed by atoms with E-state index in [-0.39, 0.29) is 34.6 Å². The summed E-state index contributed by atoms with van der Waals surface area (Å²) < 4.78 is 25.1. The van der Waals surface area contributed by atoms with E-state index in [9.17, 15) is 29.0 Å². The van der Waals surface area contributed by atoms with E-state index in [1.54, 1.807) is 24.3 Å². The Kier molecular flexibility index (Phi) is 8.63. The van der Waals surface area contributed by atoms with Crippen LogP contribution >= 0.6 is 0 Å². The number of nitro groups is 2. The number of rotatable bonds is 8. The second kappa shape index (κ2) is 10.5. The van der Waals surface area contributed by atoms with Crippen molar-refractivity contribution in [3.8, 4) is 0 Å². The molecule has 0 aliphatic heterocycles. The summed E-state index contributed by atoms with van der Waals surface area (Å²) in [5, 5.41) is 27.0. The lowest BCUT2D eigenvalue weighted by Gasteiger charge is -2.16. The molecular weight excluding hydrogens is 398 g/mol. The Morgan fingerprint density at radius 3 is 1.20 bits per heavy atom. The topological polar surface area (TPSA) is 110 Å². The molecule has 2 N–H and O–H groups in total. The number of halogens is 2. The Labute approximate surface area is 173 Å². The minimum absolute atomic E-state index is 0.200. The number of nitrogens with one attached hydrogen (secondary N) is 2. The zero-order chi connectivity index (χ0) is 22.9. The Balaban J connectivity index is 0.000000300. The van der Waals surface area contributed by atoms with E-state index in [0.29, 0.717) is 11.4 Å². The van der Waals surface area contributed by atoms with Crippen LogP contribution in [0, 0.1) is 31.9 Å². The average Bonchev–Trinajstić information content (AvgIpc) is 2.67. The Morgan fingerprint density at radius 1 is 0.700 bits per heavy atom. The molecule has 0 aliphatic rings. The largest absolute Gasteiger partial charge is 0.378 e. The predicted octanol–water partition coefficient (Wildman–Crippen LogP) is 4.59. The van der Waals surface area contributed by atoms with Crippen molar-refractivity contribution >= 4 is 11.4 Å². The lowest BCUT2D eigenvalue weighted by atomic mass is 10.1. The first-order valence-electron chi connectivity index (χ1n) is 9.11. The van der Waals surface area contributed by atoms with Gasteiger partial charge in [-0.25, -0.2) is 8.78 Å². The molecule has 10 heteroatoms. The van der Waals surface area contributed by atoms with Gasteiger partial charge in [0.2, 0.25) is 11.1 Å². The normalized spacial score (nSPS) is 11.1. The number of anilines is 2. The molecule has 2 rings (SSSR count). The maximum Gasteiger partial charge on any atom is 0.233 e. The van der Waals surface area contributed by atoms with Gasteiger partial charge in [0, 0.05) is 48.9 Å². The third-order valence-corrected chi connectivity index (χ3v) is 4.13. The Bertz CT molecular complexity index is 769. The molecule has 0 saturated carbocycles. The van der Waals surface area contributed by atoms with Crippen molar-refractivity contribution in [3.63, 3.8) is 0 Å². The highest BCUT2D eigenvalue weighted by molar-refractivity contribution is 5.43. The molecule has 0 radical (unpaired) electrons. The number of nitrogens with zero attached hydrogens (tertiary/aromatic N) is 2. The zero-order valence-electron chi connectivity index (χ0n) is 17.3. The third kappa shape index (κ3) is 8.38. The second-order valence-corrected chi connectivity index (χ2v) is 7.86. The fourth-order valence-corrected chi connectivity index (χ4v) is 1.90. The van der Waals surface area contributed by atoms with Crippen LogP contribution in [-0.4, -0.2) is 34.0 Å². The number of hydrogen-bond donors (Lipinski definition) is 2. The maximum absolute atomic E-state index is 12.6. The standard InChI is InChI=1S/2C10H13FN2O2/c2*1-10(2,13(14)15)7-12-9-5-3-8(11)4-6-9/h2*3-6,12H,7H2,1-2H3. The van der Waals surface area contributed by atoms with Gasteiger partial charge in [-0.2, -0.15) is 0 Å². The molecule has 8 nitrogen and oxygen atoms in total. The molecule has 0 unspecified atom stereocenters. The first-order chi connectivity index (χ1) is 13.8. The highest BCUT2D eigenvalue weighted by Gasteiger charge is 2.30. The molecule has 164 valence electrons. The van der Waals surface area contributed by atoms with Crippen LogP contribution in [0.15, 0.2) is 48.5 Å². The molecule has 0 bridgehead atoms. The maximum atomic E-state index is 12.6. The van der Waals surface area contributed by atoms with Crippen molar-refractivity contribution in [2.45, 2.75) is 38.8 Å². The highest BCUT2D eigenvalue weighted by Crippen LogP contribution is 2.13. The summed E-state index contributed by atoms with van der Waals surface area (Å²) in [6, 6.07) is 11.4. The third-order valence-electron chi connectivity index (χ3n) is 4.13. The average molecular weight is 424 g/mol. The van der Waals surface area contributed by atoms with E-state index < -0.39 is 11.1 Å².